The Labute approximate surface area is 116 Å². The van der Waals surface area contributed by atoms with Gasteiger partial charge in [0.15, 0.2) is 11.5 Å². The Morgan fingerprint density at radius 2 is 2.10 bits per heavy atom. The third-order valence-corrected chi connectivity index (χ3v) is 2.91. The van der Waals surface area contributed by atoms with Crippen molar-refractivity contribution in [3.8, 4) is 11.3 Å². The van der Waals surface area contributed by atoms with Crippen molar-refractivity contribution in [3.05, 3.63) is 36.2 Å². The van der Waals surface area contributed by atoms with E-state index in [2.05, 4.69) is 20.5 Å². The van der Waals surface area contributed by atoms with Crippen LogP contribution in [0.1, 0.15) is 5.89 Å². The average molecular weight is 269 g/mol. The highest BCUT2D eigenvalue weighted by Gasteiger charge is 2.06. The fourth-order valence-electron chi connectivity index (χ4n) is 1.98. The molecule has 3 aromatic rings. The summed E-state index contributed by atoms with van der Waals surface area (Å²) in [5.74, 6) is 1.38. The van der Waals surface area contributed by atoms with Gasteiger partial charge in [-0.2, -0.15) is 0 Å². The van der Waals surface area contributed by atoms with Crippen LogP contribution >= 0.6 is 0 Å². The van der Waals surface area contributed by atoms with E-state index in [1.54, 1.807) is 0 Å². The van der Waals surface area contributed by atoms with Gasteiger partial charge < -0.3 is 15.5 Å². The van der Waals surface area contributed by atoms with E-state index in [1.165, 1.54) is 0 Å². The van der Waals surface area contributed by atoms with Gasteiger partial charge in [0.1, 0.15) is 11.3 Å². The second kappa shape index (κ2) is 5.26. The molecule has 0 aliphatic carbocycles. The highest BCUT2D eigenvalue weighted by Crippen LogP contribution is 2.23. The van der Waals surface area contributed by atoms with Crippen LogP contribution in [0.25, 0.3) is 22.4 Å². The van der Waals surface area contributed by atoms with Crippen molar-refractivity contribution in [3.63, 3.8) is 0 Å². The molecule has 6 nitrogen and oxygen atoms in total. The van der Waals surface area contributed by atoms with Crippen molar-refractivity contribution in [2.75, 3.05) is 18.4 Å². The predicted octanol–water partition coefficient (Wildman–Crippen LogP) is 1.96. The normalized spacial score (nSPS) is 10.9. The minimum absolute atomic E-state index is 0.560. The van der Waals surface area contributed by atoms with Gasteiger partial charge in [-0.1, -0.05) is 6.07 Å². The molecule has 102 valence electrons. The zero-order valence-electron chi connectivity index (χ0n) is 11.1. The van der Waals surface area contributed by atoms with E-state index in [9.17, 15) is 0 Å². The number of benzene rings is 1. The van der Waals surface area contributed by atoms with Gasteiger partial charge in [0.25, 0.3) is 0 Å². The molecule has 0 saturated heterocycles. The predicted molar refractivity (Wildman–Crippen MR) is 77.3 cm³/mol. The number of nitrogens with zero attached hydrogens (tertiary/aromatic N) is 3. The standard InChI is InChI=1S/C14H15N5O/c1-9-17-12-3-2-10(8-13(12)20-9)11-4-5-14(19-18-11)16-7-6-15/h2-5,8H,6-7,15H2,1H3,(H,16,19). The minimum atomic E-state index is 0.560. The van der Waals surface area contributed by atoms with Crippen LogP contribution in [-0.2, 0) is 0 Å². The molecule has 0 fully saturated rings. The topological polar surface area (TPSA) is 89.9 Å². The summed E-state index contributed by atoms with van der Waals surface area (Å²) in [6.07, 6.45) is 0. The van der Waals surface area contributed by atoms with Crippen LogP contribution in [0.2, 0.25) is 0 Å². The monoisotopic (exact) mass is 269 g/mol. The quantitative estimate of drug-likeness (QED) is 0.752. The lowest BCUT2D eigenvalue weighted by atomic mass is 10.1. The van der Waals surface area contributed by atoms with Crippen molar-refractivity contribution in [2.24, 2.45) is 5.73 Å². The van der Waals surface area contributed by atoms with Crippen LogP contribution in [0.4, 0.5) is 5.82 Å². The molecule has 0 radical (unpaired) electrons. The zero-order chi connectivity index (χ0) is 13.9. The summed E-state index contributed by atoms with van der Waals surface area (Å²) in [6.45, 7) is 3.07. The van der Waals surface area contributed by atoms with Gasteiger partial charge in [-0.15, -0.1) is 10.2 Å². The molecular weight excluding hydrogens is 254 g/mol. The number of fused-ring (bicyclic) bond motifs is 1. The molecule has 0 aliphatic rings. The first-order valence-corrected chi connectivity index (χ1v) is 6.41. The van der Waals surface area contributed by atoms with E-state index in [0.717, 1.165) is 28.2 Å². The summed E-state index contributed by atoms with van der Waals surface area (Å²) in [4.78, 5) is 4.27. The van der Waals surface area contributed by atoms with Gasteiger partial charge >= 0.3 is 0 Å². The number of hydrogen-bond donors (Lipinski definition) is 2. The molecule has 3 N–H and O–H groups in total. The second-order valence-electron chi connectivity index (χ2n) is 4.43. The molecule has 2 heterocycles. The number of oxazole rings is 1. The van der Waals surface area contributed by atoms with Crippen LogP contribution in [0.3, 0.4) is 0 Å². The lowest BCUT2D eigenvalue weighted by Crippen LogP contribution is -2.14. The fraction of sp³-hybridized carbons (Fsp3) is 0.214. The second-order valence-corrected chi connectivity index (χ2v) is 4.43. The Kier molecular flexibility index (Phi) is 3.30. The molecular formula is C14H15N5O. The molecule has 1 aromatic carbocycles. The number of rotatable bonds is 4. The van der Waals surface area contributed by atoms with Gasteiger partial charge in [0.2, 0.25) is 0 Å². The van der Waals surface area contributed by atoms with Gasteiger partial charge in [-0.3, -0.25) is 0 Å². The first kappa shape index (κ1) is 12.6. The molecule has 0 unspecified atom stereocenters. The lowest BCUT2D eigenvalue weighted by molar-refractivity contribution is 0.561. The van der Waals surface area contributed by atoms with E-state index >= 15 is 0 Å². The number of nitrogens with two attached hydrogens (primary N) is 1. The number of aromatic nitrogens is 3. The summed E-state index contributed by atoms with van der Waals surface area (Å²) in [7, 11) is 0. The molecule has 0 saturated carbocycles. The third-order valence-electron chi connectivity index (χ3n) is 2.91. The maximum atomic E-state index is 5.52. The van der Waals surface area contributed by atoms with Gasteiger partial charge in [-0.25, -0.2) is 4.98 Å². The summed E-state index contributed by atoms with van der Waals surface area (Å²) >= 11 is 0. The fourth-order valence-corrected chi connectivity index (χ4v) is 1.98. The maximum Gasteiger partial charge on any atom is 0.192 e. The summed E-state index contributed by atoms with van der Waals surface area (Å²) in [5, 5.41) is 11.4. The highest BCUT2D eigenvalue weighted by molar-refractivity contribution is 5.79. The number of nitrogens with one attached hydrogen (secondary N) is 1. The Hall–Kier alpha value is -2.47. The molecule has 0 spiro atoms. The summed E-state index contributed by atoms with van der Waals surface area (Å²) in [5.41, 5.74) is 8.77. The Bertz CT molecular complexity index is 720. The molecule has 0 aliphatic heterocycles. The Balaban J connectivity index is 1.89. The maximum absolute atomic E-state index is 5.52. The molecule has 0 bridgehead atoms. The van der Waals surface area contributed by atoms with Crippen LogP contribution in [0.5, 0.6) is 0 Å². The smallest absolute Gasteiger partial charge is 0.192 e. The molecule has 20 heavy (non-hydrogen) atoms. The van der Waals surface area contributed by atoms with Gasteiger partial charge in [0, 0.05) is 25.6 Å². The van der Waals surface area contributed by atoms with Crippen LogP contribution in [0, 0.1) is 6.92 Å². The van der Waals surface area contributed by atoms with Crippen molar-refractivity contribution in [1.29, 1.82) is 0 Å². The van der Waals surface area contributed by atoms with Crippen LogP contribution in [-0.4, -0.2) is 28.3 Å². The van der Waals surface area contributed by atoms with E-state index in [4.69, 9.17) is 10.2 Å². The minimum Gasteiger partial charge on any atom is -0.441 e. The van der Waals surface area contributed by atoms with E-state index < -0.39 is 0 Å². The van der Waals surface area contributed by atoms with Crippen LogP contribution in [0.15, 0.2) is 34.7 Å². The van der Waals surface area contributed by atoms with E-state index in [0.29, 0.717) is 19.0 Å². The highest BCUT2D eigenvalue weighted by atomic mass is 16.3. The molecule has 0 amide bonds. The SMILES string of the molecule is Cc1nc2ccc(-c3ccc(NCCN)nn3)cc2o1. The number of aryl methyl sites for hydroxylation is 1. The number of anilines is 1. The average Bonchev–Trinajstić information content (AvgIpc) is 2.84. The summed E-state index contributed by atoms with van der Waals surface area (Å²) < 4.78 is 5.52. The molecule has 6 heteroatoms. The van der Waals surface area contributed by atoms with E-state index in [1.807, 2.05) is 37.3 Å². The van der Waals surface area contributed by atoms with Gasteiger partial charge in [-0.05, 0) is 24.3 Å². The molecule has 2 aromatic heterocycles. The van der Waals surface area contributed by atoms with Crippen LogP contribution < -0.4 is 11.1 Å². The van der Waals surface area contributed by atoms with Crippen molar-refractivity contribution < 1.29 is 4.42 Å². The lowest BCUT2D eigenvalue weighted by Gasteiger charge is -2.04. The molecule has 3 rings (SSSR count). The van der Waals surface area contributed by atoms with Crippen molar-refractivity contribution in [2.45, 2.75) is 6.92 Å². The zero-order valence-corrected chi connectivity index (χ0v) is 11.1. The van der Waals surface area contributed by atoms with E-state index in [-0.39, 0.29) is 0 Å². The largest absolute Gasteiger partial charge is 0.441 e. The van der Waals surface area contributed by atoms with Gasteiger partial charge in [0.05, 0.1) is 5.69 Å². The van der Waals surface area contributed by atoms with Crippen molar-refractivity contribution in [1.82, 2.24) is 15.2 Å². The third kappa shape index (κ3) is 2.46. The first-order valence-electron chi connectivity index (χ1n) is 6.41. The Morgan fingerprint density at radius 1 is 1.20 bits per heavy atom. The Morgan fingerprint density at radius 3 is 2.85 bits per heavy atom. The van der Waals surface area contributed by atoms with Crippen molar-refractivity contribution >= 4 is 16.9 Å². The first-order chi connectivity index (χ1) is 9.76. The molecule has 0 atom stereocenters. The summed E-state index contributed by atoms with van der Waals surface area (Å²) in [6, 6.07) is 9.60. The number of hydrogen-bond acceptors (Lipinski definition) is 6.